The molecule has 7 nitrogen and oxygen atoms in total. The van der Waals surface area contributed by atoms with Gasteiger partial charge in [-0.15, -0.1) is 0 Å². The SMILES string of the molecule is Cc1cccc2nc(C(C)N(C(=O)O)C(C)(C)C)n(-c3cncc(F)c3)c(=O)c12. The van der Waals surface area contributed by atoms with E-state index >= 15 is 0 Å². The molecule has 3 rings (SSSR count). The molecule has 1 aromatic carbocycles. The van der Waals surface area contributed by atoms with E-state index in [1.165, 1.54) is 21.7 Å². The van der Waals surface area contributed by atoms with Crippen molar-refractivity contribution in [3.63, 3.8) is 0 Å². The highest BCUT2D eigenvalue weighted by atomic mass is 19.1. The largest absolute Gasteiger partial charge is 0.465 e. The van der Waals surface area contributed by atoms with Crippen LogP contribution in [0.5, 0.6) is 0 Å². The molecule has 0 bridgehead atoms. The molecule has 0 aliphatic carbocycles. The summed E-state index contributed by atoms with van der Waals surface area (Å²) in [5, 5.41) is 10.2. The summed E-state index contributed by atoms with van der Waals surface area (Å²) in [4.78, 5) is 35.1. The number of benzene rings is 1. The minimum atomic E-state index is -1.15. The molecule has 0 saturated heterocycles. The molecule has 0 radical (unpaired) electrons. The molecule has 29 heavy (non-hydrogen) atoms. The van der Waals surface area contributed by atoms with Crippen molar-refractivity contribution in [1.82, 2.24) is 19.4 Å². The van der Waals surface area contributed by atoms with Crippen molar-refractivity contribution >= 4 is 17.0 Å². The van der Waals surface area contributed by atoms with Crippen LogP contribution in [-0.4, -0.2) is 36.2 Å². The van der Waals surface area contributed by atoms with E-state index in [2.05, 4.69) is 9.97 Å². The molecule has 0 spiro atoms. The van der Waals surface area contributed by atoms with Crippen LogP contribution in [0.15, 0.2) is 41.5 Å². The molecule has 1 N–H and O–H groups in total. The fraction of sp³-hybridized carbons (Fsp3) is 0.333. The Morgan fingerprint density at radius 3 is 2.55 bits per heavy atom. The topological polar surface area (TPSA) is 88.3 Å². The Kier molecular flexibility index (Phi) is 5.13. The van der Waals surface area contributed by atoms with Gasteiger partial charge in [-0.3, -0.25) is 19.2 Å². The van der Waals surface area contributed by atoms with Crippen molar-refractivity contribution in [2.75, 3.05) is 0 Å². The van der Waals surface area contributed by atoms with Crippen LogP contribution in [0.1, 0.15) is 45.1 Å². The van der Waals surface area contributed by atoms with Crippen LogP contribution in [0.2, 0.25) is 0 Å². The molecule has 0 aliphatic heterocycles. The lowest BCUT2D eigenvalue weighted by atomic mass is 10.0. The van der Waals surface area contributed by atoms with Crippen LogP contribution in [0, 0.1) is 12.7 Å². The Morgan fingerprint density at radius 1 is 1.28 bits per heavy atom. The van der Waals surface area contributed by atoms with E-state index in [-0.39, 0.29) is 11.5 Å². The van der Waals surface area contributed by atoms with Crippen LogP contribution in [0.3, 0.4) is 0 Å². The molecule has 2 aromatic heterocycles. The standard InChI is InChI=1S/C21H23FN4O3/c1-12-7-6-8-16-17(12)19(27)25(15-9-14(22)10-23-11-15)18(24-16)13(2)26(20(28)29)21(3,4)5/h6-11,13H,1-5H3,(H,28,29). The van der Waals surface area contributed by atoms with Crippen molar-refractivity contribution in [2.24, 2.45) is 0 Å². The number of hydrogen-bond acceptors (Lipinski definition) is 4. The Hall–Kier alpha value is -3.29. The van der Waals surface area contributed by atoms with Crippen LogP contribution >= 0.6 is 0 Å². The van der Waals surface area contributed by atoms with Gasteiger partial charge in [0.15, 0.2) is 0 Å². The van der Waals surface area contributed by atoms with Gasteiger partial charge < -0.3 is 5.11 Å². The molecule has 0 saturated carbocycles. The summed E-state index contributed by atoms with van der Waals surface area (Å²) in [5.41, 5.74) is 0.213. The average molecular weight is 398 g/mol. The van der Waals surface area contributed by atoms with Crippen molar-refractivity contribution in [3.05, 3.63) is 64.2 Å². The Labute approximate surface area is 167 Å². The quantitative estimate of drug-likeness (QED) is 0.719. The maximum atomic E-state index is 13.9. The molecule has 152 valence electrons. The predicted molar refractivity (Wildman–Crippen MR) is 108 cm³/mol. The van der Waals surface area contributed by atoms with Gasteiger partial charge in [0.1, 0.15) is 11.6 Å². The van der Waals surface area contributed by atoms with Crippen molar-refractivity contribution < 1.29 is 14.3 Å². The van der Waals surface area contributed by atoms with Gasteiger partial charge in [0.25, 0.3) is 5.56 Å². The molecular formula is C21H23FN4O3. The zero-order valence-corrected chi connectivity index (χ0v) is 17.0. The number of aromatic nitrogens is 3. The number of pyridine rings is 1. The highest BCUT2D eigenvalue weighted by Gasteiger charge is 2.34. The van der Waals surface area contributed by atoms with Gasteiger partial charge in [0.05, 0.1) is 35.0 Å². The normalized spacial score (nSPS) is 12.8. The highest BCUT2D eigenvalue weighted by Crippen LogP contribution is 2.29. The van der Waals surface area contributed by atoms with E-state index in [0.717, 1.165) is 11.8 Å². The molecule has 2 heterocycles. The van der Waals surface area contributed by atoms with E-state index in [1.54, 1.807) is 52.8 Å². The molecule has 0 aliphatic rings. The Balaban J connectivity index is 2.41. The molecule has 0 fully saturated rings. The first-order valence-electron chi connectivity index (χ1n) is 9.18. The maximum absolute atomic E-state index is 13.9. The summed E-state index contributed by atoms with van der Waals surface area (Å²) in [6.07, 6.45) is 1.25. The number of amides is 1. The zero-order chi connectivity index (χ0) is 21.5. The minimum Gasteiger partial charge on any atom is -0.465 e. The number of fused-ring (bicyclic) bond motifs is 1. The summed E-state index contributed by atoms with van der Waals surface area (Å²) < 4.78 is 15.1. The van der Waals surface area contributed by atoms with E-state index in [0.29, 0.717) is 10.9 Å². The van der Waals surface area contributed by atoms with Crippen LogP contribution in [0.25, 0.3) is 16.6 Å². The second-order valence-electron chi connectivity index (χ2n) is 7.94. The second kappa shape index (κ2) is 7.27. The third-order valence-electron chi connectivity index (χ3n) is 4.77. The number of aryl methyl sites for hydroxylation is 1. The number of rotatable bonds is 3. The number of carbonyl (C=O) groups is 1. The fourth-order valence-electron chi connectivity index (χ4n) is 3.61. The molecule has 3 aromatic rings. The summed E-state index contributed by atoms with van der Waals surface area (Å²) in [5.74, 6) is -0.415. The predicted octanol–water partition coefficient (Wildman–Crippen LogP) is 4.07. The molecule has 1 unspecified atom stereocenters. The molecular weight excluding hydrogens is 375 g/mol. The first-order chi connectivity index (χ1) is 13.5. The second-order valence-corrected chi connectivity index (χ2v) is 7.94. The van der Waals surface area contributed by atoms with Crippen molar-refractivity contribution in [1.29, 1.82) is 0 Å². The van der Waals surface area contributed by atoms with Crippen LogP contribution in [0.4, 0.5) is 9.18 Å². The summed E-state index contributed by atoms with van der Waals surface area (Å²) in [6.45, 7) is 8.73. The van der Waals surface area contributed by atoms with Gasteiger partial charge in [-0.2, -0.15) is 0 Å². The highest BCUT2D eigenvalue weighted by molar-refractivity contribution is 5.81. The van der Waals surface area contributed by atoms with Gasteiger partial charge in [-0.1, -0.05) is 12.1 Å². The summed E-state index contributed by atoms with van der Waals surface area (Å²) in [7, 11) is 0. The van der Waals surface area contributed by atoms with Crippen LogP contribution < -0.4 is 5.56 Å². The van der Waals surface area contributed by atoms with Gasteiger partial charge in [0, 0.05) is 11.6 Å². The molecule has 1 amide bonds. The van der Waals surface area contributed by atoms with Gasteiger partial charge >= 0.3 is 6.09 Å². The smallest absolute Gasteiger partial charge is 0.408 e. The number of carboxylic acid groups (broad SMARTS) is 1. The van der Waals surface area contributed by atoms with Crippen molar-refractivity contribution in [3.8, 4) is 5.69 Å². The zero-order valence-electron chi connectivity index (χ0n) is 17.0. The first kappa shape index (κ1) is 20.4. The molecule has 1 atom stereocenters. The van der Waals surface area contributed by atoms with Gasteiger partial charge in [-0.25, -0.2) is 14.2 Å². The third kappa shape index (κ3) is 3.70. The number of nitrogens with zero attached hydrogens (tertiary/aromatic N) is 4. The summed E-state index contributed by atoms with van der Waals surface area (Å²) >= 11 is 0. The van der Waals surface area contributed by atoms with Gasteiger partial charge in [-0.05, 0) is 46.2 Å². The monoisotopic (exact) mass is 398 g/mol. The molecule has 8 heteroatoms. The third-order valence-corrected chi connectivity index (χ3v) is 4.77. The van der Waals surface area contributed by atoms with E-state index in [9.17, 15) is 19.1 Å². The van der Waals surface area contributed by atoms with Gasteiger partial charge in [0.2, 0.25) is 0 Å². The number of hydrogen-bond donors (Lipinski definition) is 1. The summed E-state index contributed by atoms with van der Waals surface area (Å²) in [6, 6.07) is 5.68. The van der Waals surface area contributed by atoms with E-state index < -0.39 is 29.1 Å². The Morgan fingerprint density at radius 2 is 1.97 bits per heavy atom. The first-order valence-corrected chi connectivity index (χ1v) is 9.18. The van der Waals surface area contributed by atoms with Crippen LogP contribution in [-0.2, 0) is 0 Å². The lowest BCUT2D eigenvalue weighted by Crippen LogP contribution is -2.47. The Bertz CT molecular complexity index is 1150. The number of halogens is 1. The minimum absolute atomic E-state index is 0.189. The lowest BCUT2D eigenvalue weighted by molar-refractivity contribution is 0.0719. The fourth-order valence-corrected chi connectivity index (χ4v) is 3.61. The van der Waals surface area contributed by atoms with Crippen molar-refractivity contribution in [2.45, 2.75) is 46.2 Å². The van der Waals surface area contributed by atoms with E-state index in [4.69, 9.17) is 0 Å². The maximum Gasteiger partial charge on any atom is 0.408 e. The average Bonchev–Trinajstić information content (AvgIpc) is 2.59. The lowest BCUT2D eigenvalue weighted by Gasteiger charge is -2.38. The van der Waals surface area contributed by atoms with E-state index in [1.807, 2.05) is 0 Å².